The summed E-state index contributed by atoms with van der Waals surface area (Å²) < 4.78 is 10.5. The van der Waals surface area contributed by atoms with Crippen LogP contribution in [0.5, 0.6) is 5.75 Å². The predicted octanol–water partition coefficient (Wildman–Crippen LogP) is 1.40. The van der Waals surface area contributed by atoms with Crippen molar-refractivity contribution in [3.63, 3.8) is 0 Å². The van der Waals surface area contributed by atoms with Crippen LogP contribution >= 0.6 is 0 Å². The molecule has 6 heteroatoms. The van der Waals surface area contributed by atoms with Gasteiger partial charge in [0.15, 0.2) is 0 Å². The van der Waals surface area contributed by atoms with E-state index in [1.54, 1.807) is 26.8 Å². The SMILES string of the molecule is Cc1cc(OCCC(N)=O)cc(C(=O)OC(C)C)c1N. The summed E-state index contributed by atoms with van der Waals surface area (Å²) in [5.74, 6) is -0.494. The zero-order valence-corrected chi connectivity index (χ0v) is 11.9. The van der Waals surface area contributed by atoms with Gasteiger partial charge in [-0.15, -0.1) is 0 Å². The first kappa shape index (κ1) is 15.8. The van der Waals surface area contributed by atoms with Gasteiger partial charge in [-0.05, 0) is 38.5 Å². The van der Waals surface area contributed by atoms with Gasteiger partial charge in [0, 0.05) is 5.69 Å². The lowest BCUT2D eigenvalue weighted by molar-refractivity contribution is -0.118. The Morgan fingerprint density at radius 3 is 2.50 bits per heavy atom. The van der Waals surface area contributed by atoms with E-state index in [1.807, 2.05) is 0 Å². The second-order valence-electron chi connectivity index (χ2n) is 4.72. The summed E-state index contributed by atoms with van der Waals surface area (Å²) in [7, 11) is 0. The van der Waals surface area contributed by atoms with Crippen LogP contribution in [0.25, 0.3) is 0 Å². The lowest BCUT2D eigenvalue weighted by Gasteiger charge is -2.13. The van der Waals surface area contributed by atoms with Crippen LogP contribution in [0, 0.1) is 6.92 Å². The number of esters is 1. The van der Waals surface area contributed by atoms with Crippen LogP contribution in [-0.2, 0) is 9.53 Å². The van der Waals surface area contributed by atoms with Crippen molar-refractivity contribution in [1.82, 2.24) is 0 Å². The Morgan fingerprint density at radius 1 is 1.30 bits per heavy atom. The average molecular weight is 280 g/mol. The number of ether oxygens (including phenoxy) is 2. The van der Waals surface area contributed by atoms with Crippen LogP contribution in [0.2, 0.25) is 0 Å². The van der Waals surface area contributed by atoms with Gasteiger partial charge in [0.25, 0.3) is 0 Å². The molecule has 0 heterocycles. The lowest BCUT2D eigenvalue weighted by atomic mass is 10.1. The van der Waals surface area contributed by atoms with Crippen molar-refractivity contribution < 1.29 is 19.1 Å². The standard InChI is InChI=1S/C14H20N2O4/c1-8(2)20-14(18)11-7-10(6-9(3)13(11)16)19-5-4-12(15)17/h6-8H,4-5,16H2,1-3H3,(H2,15,17). The molecule has 0 fully saturated rings. The molecular weight excluding hydrogens is 260 g/mol. The zero-order chi connectivity index (χ0) is 15.3. The predicted molar refractivity (Wildman–Crippen MR) is 75.4 cm³/mol. The number of aryl methyl sites for hydroxylation is 1. The molecule has 0 atom stereocenters. The summed E-state index contributed by atoms with van der Waals surface area (Å²) >= 11 is 0. The van der Waals surface area contributed by atoms with Crippen molar-refractivity contribution >= 4 is 17.6 Å². The van der Waals surface area contributed by atoms with Gasteiger partial charge in [0.1, 0.15) is 5.75 Å². The Hall–Kier alpha value is -2.24. The molecule has 1 aromatic carbocycles. The van der Waals surface area contributed by atoms with Crippen LogP contribution in [0.3, 0.4) is 0 Å². The number of nitrogens with two attached hydrogens (primary N) is 2. The number of carbonyl (C=O) groups is 2. The fourth-order valence-electron chi connectivity index (χ4n) is 1.56. The fraction of sp³-hybridized carbons (Fsp3) is 0.429. The normalized spacial score (nSPS) is 10.4. The molecule has 0 spiro atoms. The Kier molecular flexibility index (Phi) is 5.37. The van der Waals surface area contributed by atoms with E-state index in [-0.39, 0.29) is 24.7 Å². The lowest BCUT2D eigenvalue weighted by Crippen LogP contribution is -2.16. The van der Waals surface area contributed by atoms with Gasteiger partial charge in [-0.25, -0.2) is 4.79 Å². The monoisotopic (exact) mass is 280 g/mol. The molecule has 0 bridgehead atoms. The second kappa shape index (κ2) is 6.79. The molecule has 4 N–H and O–H groups in total. The minimum Gasteiger partial charge on any atom is -0.493 e. The molecule has 0 saturated carbocycles. The highest BCUT2D eigenvalue weighted by atomic mass is 16.5. The number of benzene rings is 1. The van der Waals surface area contributed by atoms with E-state index in [2.05, 4.69) is 0 Å². The van der Waals surface area contributed by atoms with Gasteiger partial charge < -0.3 is 20.9 Å². The van der Waals surface area contributed by atoms with Crippen LogP contribution in [0.1, 0.15) is 36.2 Å². The van der Waals surface area contributed by atoms with Crippen LogP contribution < -0.4 is 16.2 Å². The first-order valence-corrected chi connectivity index (χ1v) is 6.33. The van der Waals surface area contributed by atoms with E-state index in [0.29, 0.717) is 17.0 Å². The smallest absolute Gasteiger partial charge is 0.340 e. The number of hydrogen-bond donors (Lipinski definition) is 2. The molecule has 1 aromatic rings. The van der Waals surface area contributed by atoms with Gasteiger partial charge in [-0.1, -0.05) is 0 Å². The Morgan fingerprint density at radius 2 is 1.95 bits per heavy atom. The first-order chi connectivity index (χ1) is 9.31. The maximum Gasteiger partial charge on any atom is 0.340 e. The molecule has 1 amide bonds. The first-order valence-electron chi connectivity index (χ1n) is 6.33. The maximum absolute atomic E-state index is 11.9. The number of primary amides is 1. The largest absolute Gasteiger partial charge is 0.493 e. The molecule has 0 unspecified atom stereocenters. The number of rotatable bonds is 6. The number of carbonyl (C=O) groups excluding carboxylic acids is 2. The van der Waals surface area contributed by atoms with E-state index in [9.17, 15) is 9.59 Å². The number of anilines is 1. The van der Waals surface area contributed by atoms with Gasteiger partial charge in [-0.2, -0.15) is 0 Å². The van der Waals surface area contributed by atoms with E-state index in [0.717, 1.165) is 0 Å². The molecule has 0 aliphatic rings. The van der Waals surface area contributed by atoms with Crippen molar-refractivity contribution in [1.29, 1.82) is 0 Å². The Labute approximate surface area is 118 Å². The third-order valence-corrected chi connectivity index (χ3v) is 2.54. The quantitative estimate of drug-likeness (QED) is 0.605. The summed E-state index contributed by atoms with van der Waals surface area (Å²) in [6.45, 7) is 5.43. The van der Waals surface area contributed by atoms with Gasteiger partial charge >= 0.3 is 5.97 Å². The molecule has 110 valence electrons. The van der Waals surface area contributed by atoms with Crippen molar-refractivity contribution in [3.05, 3.63) is 23.3 Å². The topological polar surface area (TPSA) is 105 Å². The molecule has 0 radical (unpaired) electrons. The van der Waals surface area contributed by atoms with Crippen LogP contribution in [-0.4, -0.2) is 24.6 Å². The molecule has 20 heavy (non-hydrogen) atoms. The van der Waals surface area contributed by atoms with Gasteiger partial charge in [-0.3, -0.25) is 4.79 Å². The van der Waals surface area contributed by atoms with Crippen LogP contribution in [0.4, 0.5) is 5.69 Å². The summed E-state index contributed by atoms with van der Waals surface area (Å²) in [5.41, 5.74) is 12.2. The van der Waals surface area contributed by atoms with Gasteiger partial charge in [0.05, 0.1) is 24.7 Å². The maximum atomic E-state index is 11.9. The highest BCUT2D eigenvalue weighted by Crippen LogP contribution is 2.25. The van der Waals surface area contributed by atoms with Crippen molar-refractivity contribution in [3.8, 4) is 5.75 Å². The van der Waals surface area contributed by atoms with E-state index < -0.39 is 11.9 Å². The molecule has 1 rings (SSSR count). The van der Waals surface area contributed by atoms with Crippen LogP contribution in [0.15, 0.2) is 12.1 Å². The minimum atomic E-state index is -0.499. The minimum absolute atomic E-state index is 0.106. The number of nitrogen functional groups attached to an aromatic ring is 1. The molecular formula is C14H20N2O4. The van der Waals surface area contributed by atoms with Gasteiger partial charge in [0.2, 0.25) is 5.91 Å². The third-order valence-electron chi connectivity index (χ3n) is 2.54. The fourth-order valence-corrected chi connectivity index (χ4v) is 1.56. The summed E-state index contributed by atoms with van der Waals surface area (Å²) in [6, 6.07) is 3.20. The van der Waals surface area contributed by atoms with E-state index in [4.69, 9.17) is 20.9 Å². The molecule has 0 aliphatic carbocycles. The Balaban J connectivity index is 2.91. The van der Waals surface area contributed by atoms with E-state index in [1.165, 1.54) is 6.07 Å². The Bertz CT molecular complexity index is 512. The molecule has 0 saturated heterocycles. The van der Waals surface area contributed by atoms with Crippen molar-refractivity contribution in [2.24, 2.45) is 5.73 Å². The summed E-state index contributed by atoms with van der Waals surface area (Å²) in [4.78, 5) is 22.6. The number of hydrogen-bond acceptors (Lipinski definition) is 5. The third kappa shape index (κ3) is 4.46. The molecule has 0 aliphatic heterocycles. The highest BCUT2D eigenvalue weighted by molar-refractivity contribution is 5.96. The van der Waals surface area contributed by atoms with Crippen molar-refractivity contribution in [2.75, 3.05) is 12.3 Å². The second-order valence-corrected chi connectivity index (χ2v) is 4.72. The molecule has 6 nitrogen and oxygen atoms in total. The molecule has 0 aromatic heterocycles. The summed E-state index contributed by atoms with van der Waals surface area (Å²) in [6.07, 6.45) is -0.128. The highest BCUT2D eigenvalue weighted by Gasteiger charge is 2.16. The zero-order valence-electron chi connectivity index (χ0n) is 11.9. The average Bonchev–Trinajstić information content (AvgIpc) is 2.31. The summed E-state index contributed by atoms with van der Waals surface area (Å²) in [5, 5.41) is 0. The van der Waals surface area contributed by atoms with E-state index >= 15 is 0 Å². The number of amides is 1. The van der Waals surface area contributed by atoms with Crippen molar-refractivity contribution in [2.45, 2.75) is 33.3 Å².